The lowest BCUT2D eigenvalue weighted by atomic mass is 10.2. The van der Waals surface area contributed by atoms with E-state index in [0.29, 0.717) is 12.6 Å². The summed E-state index contributed by atoms with van der Waals surface area (Å²) in [5.74, 6) is 1.63. The lowest BCUT2D eigenvalue weighted by Crippen LogP contribution is -2.33. The minimum absolute atomic E-state index is 0.686. The molecular formula is C15H24N2O2. The maximum absolute atomic E-state index is 5.81. The van der Waals surface area contributed by atoms with Gasteiger partial charge >= 0.3 is 0 Å². The Hall–Kier alpha value is -1.26. The van der Waals surface area contributed by atoms with E-state index in [1.807, 2.05) is 24.3 Å². The quantitative estimate of drug-likeness (QED) is 0.781. The third kappa shape index (κ3) is 3.85. The predicted octanol–water partition coefficient (Wildman–Crippen LogP) is 1.71. The molecule has 0 bridgehead atoms. The monoisotopic (exact) mass is 264 g/mol. The highest BCUT2D eigenvalue weighted by atomic mass is 16.5. The number of hydrogen-bond donors (Lipinski definition) is 0. The summed E-state index contributed by atoms with van der Waals surface area (Å²) in [5, 5.41) is 0. The highest BCUT2D eigenvalue weighted by Crippen LogP contribution is 2.25. The van der Waals surface area contributed by atoms with Gasteiger partial charge in [0.15, 0.2) is 11.5 Å². The highest BCUT2D eigenvalue weighted by Gasteiger charge is 2.23. The molecule has 1 heterocycles. The van der Waals surface area contributed by atoms with Crippen LogP contribution >= 0.6 is 0 Å². The van der Waals surface area contributed by atoms with Gasteiger partial charge in [0.2, 0.25) is 0 Å². The SMILES string of the molecule is COc1ccccc1OCCN1CCC(N(C)C)C1. The van der Waals surface area contributed by atoms with Gasteiger partial charge in [-0.3, -0.25) is 4.90 Å². The molecule has 1 fully saturated rings. The van der Waals surface area contributed by atoms with Crippen LogP contribution in [-0.2, 0) is 0 Å². The van der Waals surface area contributed by atoms with E-state index in [2.05, 4.69) is 23.9 Å². The average molecular weight is 264 g/mol. The van der Waals surface area contributed by atoms with Crippen molar-refractivity contribution in [1.29, 1.82) is 0 Å². The summed E-state index contributed by atoms with van der Waals surface area (Å²) < 4.78 is 11.1. The van der Waals surface area contributed by atoms with Crippen molar-refractivity contribution in [2.24, 2.45) is 0 Å². The lowest BCUT2D eigenvalue weighted by Gasteiger charge is -2.20. The van der Waals surface area contributed by atoms with Crippen molar-refractivity contribution in [3.05, 3.63) is 24.3 Å². The van der Waals surface area contributed by atoms with E-state index in [-0.39, 0.29) is 0 Å². The van der Waals surface area contributed by atoms with Gasteiger partial charge in [-0.2, -0.15) is 0 Å². The van der Waals surface area contributed by atoms with E-state index in [1.54, 1.807) is 7.11 Å². The number of ether oxygens (including phenoxy) is 2. The maximum atomic E-state index is 5.81. The summed E-state index contributed by atoms with van der Waals surface area (Å²) in [7, 11) is 5.98. The number of rotatable bonds is 6. The number of nitrogens with zero attached hydrogens (tertiary/aromatic N) is 2. The van der Waals surface area contributed by atoms with Crippen molar-refractivity contribution in [2.75, 3.05) is 47.4 Å². The summed E-state index contributed by atoms with van der Waals surface area (Å²) in [6, 6.07) is 8.48. The van der Waals surface area contributed by atoms with Gasteiger partial charge in [0.05, 0.1) is 7.11 Å². The predicted molar refractivity (Wildman–Crippen MR) is 77.0 cm³/mol. The lowest BCUT2D eigenvalue weighted by molar-refractivity contribution is 0.216. The maximum Gasteiger partial charge on any atom is 0.161 e. The van der Waals surface area contributed by atoms with Crippen LogP contribution < -0.4 is 9.47 Å². The van der Waals surface area contributed by atoms with Gasteiger partial charge in [-0.1, -0.05) is 12.1 Å². The molecule has 4 nitrogen and oxygen atoms in total. The number of likely N-dealkylation sites (tertiary alicyclic amines) is 1. The second-order valence-electron chi connectivity index (χ2n) is 5.21. The first-order valence-electron chi connectivity index (χ1n) is 6.85. The third-order valence-electron chi connectivity index (χ3n) is 3.71. The minimum atomic E-state index is 0.686. The van der Waals surface area contributed by atoms with Gasteiger partial charge in [-0.15, -0.1) is 0 Å². The van der Waals surface area contributed by atoms with Crippen molar-refractivity contribution in [3.63, 3.8) is 0 Å². The average Bonchev–Trinajstić information content (AvgIpc) is 2.88. The number of hydrogen-bond acceptors (Lipinski definition) is 4. The van der Waals surface area contributed by atoms with Gasteiger partial charge in [0.25, 0.3) is 0 Å². The summed E-state index contributed by atoms with van der Waals surface area (Å²) in [6.07, 6.45) is 1.25. The van der Waals surface area contributed by atoms with Crippen molar-refractivity contribution in [3.8, 4) is 11.5 Å². The molecule has 106 valence electrons. The van der Waals surface area contributed by atoms with Crippen LogP contribution in [0.15, 0.2) is 24.3 Å². The normalized spacial score (nSPS) is 19.9. The Balaban J connectivity index is 1.75. The van der Waals surface area contributed by atoms with Gasteiger partial charge in [0, 0.05) is 19.1 Å². The number of methoxy groups -OCH3 is 1. The van der Waals surface area contributed by atoms with E-state index in [1.165, 1.54) is 6.42 Å². The minimum Gasteiger partial charge on any atom is -0.493 e. The number of likely N-dealkylation sites (N-methyl/N-ethyl adjacent to an activating group) is 1. The molecule has 0 radical (unpaired) electrons. The molecule has 19 heavy (non-hydrogen) atoms. The highest BCUT2D eigenvalue weighted by molar-refractivity contribution is 5.39. The van der Waals surface area contributed by atoms with Crippen molar-refractivity contribution in [2.45, 2.75) is 12.5 Å². The molecule has 0 aromatic heterocycles. The number of para-hydroxylation sites is 2. The standard InChI is InChI=1S/C15H24N2O2/c1-16(2)13-8-9-17(12-13)10-11-19-15-7-5-4-6-14(15)18-3/h4-7,13H,8-12H2,1-3H3. The van der Waals surface area contributed by atoms with E-state index < -0.39 is 0 Å². The molecule has 2 rings (SSSR count). The fourth-order valence-corrected chi connectivity index (χ4v) is 2.46. The van der Waals surface area contributed by atoms with Gasteiger partial charge < -0.3 is 14.4 Å². The molecule has 1 unspecified atom stereocenters. The van der Waals surface area contributed by atoms with Crippen LogP contribution in [0.25, 0.3) is 0 Å². The molecule has 1 saturated heterocycles. The van der Waals surface area contributed by atoms with Crippen LogP contribution in [0.1, 0.15) is 6.42 Å². The molecule has 1 aliphatic heterocycles. The van der Waals surface area contributed by atoms with Crippen LogP contribution in [0.4, 0.5) is 0 Å². The fraction of sp³-hybridized carbons (Fsp3) is 0.600. The zero-order valence-corrected chi connectivity index (χ0v) is 12.1. The largest absolute Gasteiger partial charge is 0.493 e. The van der Waals surface area contributed by atoms with Crippen LogP contribution in [-0.4, -0.2) is 63.3 Å². The van der Waals surface area contributed by atoms with Gasteiger partial charge in [-0.05, 0) is 39.2 Å². The molecule has 0 amide bonds. The van der Waals surface area contributed by atoms with Crippen LogP contribution in [0.2, 0.25) is 0 Å². The number of benzene rings is 1. The molecule has 1 aromatic carbocycles. The Morgan fingerprint density at radius 3 is 2.63 bits per heavy atom. The summed E-state index contributed by atoms with van der Waals surface area (Å²) in [5.41, 5.74) is 0. The van der Waals surface area contributed by atoms with Gasteiger partial charge in [0.1, 0.15) is 6.61 Å². The molecule has 1 aliphatic rings. The molecular weight excluding hydrogens is 240 g/mol. The van der Waals surface area contributed by atoms with Crippen molar-refractivity contribution < 1.29 is 9.47 Å². The summed E-state index contributed by atoms with van der Waals surface area (Å²) in [4.78, 5) is 4.77. The van der Waals surface area contributed by atoms with E-state index >= 15 is 0 Å². The van der Waals surface area contributed by atoms with Crippen LogP contribution in [0.5, 0.6) is 11.5 Å². The first kappa shape index (κ1) is 14.2. The Morgan fingerprint density at radius 2 is 2.00 bits per heavy atom. The van der Waals surface area contributed by atoms with E-state index in [9.17, 15) is 0 Å². The van der Waals surface area contributed by atoms with Gasteiger partial charge in [-0.25, -0.2) is 0 Å². The second-order valence-corrected chi connectivity index (χ2v) is 5.21. The Kier molecular flexibility index (Phi) is 5.05. The first-order chi connectivity index (χ1) is 9.20. The van der Waals surface area contributed by atoms with E-state index in [4.69, 9.17) is 9.47 Å². The molecule has 1 atom stereocenters. The van der Waals surface area contributed by atoms with Crippen LogP contribution in [0.3, 0.4) is 0 Å². The zero-order valence-electron chi connectivity index (χ0n) is 12.1. The molecule has 0 N–H and O–H groups in total. The zero-order chi connectivity index (χ0) is 13.7. The molecule has 0 spiro atoms. The molecule has 0 saturated carbocycles. The molecule has 4 heteroatoms. The Labute approximate surface area is 115 Å². The Bertz CT molecular complexity index is 395. The van der Waals surface area contributed by atoms with Crippen molar-refractivity contribution in [1.82, 2.24) is 9.80 Å². The smallest absolute Gasteiger partial charge is 0.161 e. The summed E-state index contributed by atoms with van der Waals surface area (Å²) in [6.45, 7) is 3.99. The second kappa shape index (κ2) is 6.78. The molecule has 1 aromatic rings. The van der Waals surface area contributed by atoms with E-state index in [0.717, 1.165) is 31.1 Å². The topological polar surface area (TPSA) is 24.9 Å². The summed E-state index contributed by atoms with van der Waals surface area (Å²) >= 11 is 0. The Morgan fingerprint density at radius 1 is 1.26 bits per heavy atom. The third-order valence-corrected chi connectivity index (χ3v) is 3.71. The van der Waals surface area contributed by atoms with Crippen LogP contribution in [0, 0.1) is 0 Å². The fourth-order valence-electron chi connectivity index (χ4n) is 2.46. The van der Waals surface area contributed by atoms with Crippen molar-refractivity contribution >= 4 is 0 Å². The molecule has 0 aliphatic carbocycles. The first-order valence-corrected chi connectivity index (χ1v) is 6.85.